The van der Waals surface area contributed by atoms with Crippen LogP contribution in [0.15, 0.2) is 69.0 Å². The number of hydrogen-bond acceptors (Lipinski definition) is 5. The van der Waals surface area contributed by atoms with Crippen molar-refractivity contribution in [3.05, 3.63) is 81.3 Å². The summed E-state index contributed by atoms with van der Waals surface area (Å²) in [7, 11) is 0. The first-order valence-corrected chi connectivity index (χ1v) is 12.4. The number of aryl methyl sites for hydroxylation is 1. The van der Waals surface area contributed by atoms with Crippen LogP contribution in [0.5, 0.6) is 0 Å². The van der Waals surface area contributed by atoms with Gasteiger partial charge >= 0.3 is 17.4 Å². The molecule has 9 heteroatoms. The van der Waals surface area contributed by atoms with Crippen LogP contribution in [0.2, 0.25) is 5.02 Å². The summed E-state index contributed by atoms with van der Waals surface area (Å²) >= 11 is 7.65. The fourth-order valence-electron chi connectivity index (χ4n) is 4.15. The number of furan rings is 1. The van der Waals surface area contributed by atoms with E-state index >= 15 is 0 Å². The van der Waals surface area contributed by atoms with E-state index < -0.39 is 6.17 Å². The molecular weight excluding hydrogens is 472 g/mol. The number of nitrogens with one attached hydrogen (secondary N) is 1. The summed E-state index contributed by atoms with van der Waals surface area (Å²) in [4.78, 5) is 30.9. The van der Waals surface area contributed by atoms with Gasteiger partial charge in [-0.3, -0.25) is 14.6 Å². The molecule has 0 fully saturated rings. The Morgan fingerprint density at radius 2 is 2.03 bits per heavy atom. The van der Waals surface area contributed by atoms with Gasteiger partial charge in [-0.1, -0.05) is 54.6 Å². The first-order valence-electron chi connectivity index (χ1n) is 10.8. The van der Waals surface area contributed by atoms with E-state index in [1.54, 1.807) is 9.58 Å². The smallest absolute Gasteiger partial charge is 0.325 e. The molecule has 4 aromatic rings. The number of fused-ring (bicyclic) bond motifs is 3. The minimum Gasteiger partial charge on any atom is -0.452 e. The van der Waals surface area contributed by atoms with Gasteiger partial charge < -0.3 is 4.42 Å². The zero-order chi connectivity index (χ0) is 24.0. The van der Waals surface area contributed by atoms with Gasteiger partial charge in [-0.25, -0.2) is 4.90 Å². The summed E-state index contributed by atoms with van der Waals surface area (Å²) in [5.74, 6) is 0.982. The monoisotopic (exact) mass is 493 g/mol. The van der Waals surface area contributed by atoms with Crippen molar-refractivity contribution >= 4 is 35.0 Å². The van der Waals surface area contributed by atoms with Crippen molar-refractivity contribution in [3.63, 3.8) is 0 Å². The fraction of sp³-hybridized carbons (Fsp3) is 0.200. The second-order valence-electron chi connectivity index (χ2n) is 7.93. The van der Waals surface area contributed by atoms with Crippen molar-refractivity contribution in [1.82, 2.24) is 10.1 Å². The third kappa shape index (κ3) is 3.63. The van der Waals surface area contributed by atoms with Crippen LogP contribution in [-0.4, -0.2) is 22.2 Å². The van der Waals surface area contributed by atoms with Crippen molar-refractivity contribution in [2.45, 2.75) is 31.6 Å². The number of carbonyl (C=O) groups is 1. The van der Waals surface area contributed by atoms with Crippen LogP contribution in [0.1, 0.15) is 30.8 Å². The largest absolute Gasteiger partial charge is 0.452 e. The molecule has 1 aliphatic rings. The van der Waals surface area contributed by atoms with E-state index in [2.05, 4.69) is 10.1 Å². The van der Waals surface area contributed by atoms with Crippen LogP contribution in [0.4, 0.5) is 5.69 Å². The maximum absolute atomic E-state index is 13.3. The number of aromatic amines is 1. The van der Waals surface area contributed by atoms with Crippen molar-refractivity contribution in [2.75, 3.05) is 11.2 Å². The number of thioether (sulfide) groups is 1. The predicted octanol–water partition coefficient (Wildman–Crippen LogP) is 4.97. The Bertz CT molecular complexity index is 1480. The standard InChI is InChI=1S/C25H21ClN4O3S/c1-4-21(31)29-18-8-6-5-7-16(18)22-23(32)27-25(34-3)28-30(22)24(29)20-12-11-19(33-20)15-10-9-14(2)17(26)13-15/h5-13,24H,4H2,1-3H3/p+1/t24-/m1/s1. The molecule has 1 amide bonds. The summed E-state index contributed by atoms with van der Waals surface area (Å²) in [5, 5.41) is 5.76. The molecular formula is C25H22ClN4O3S+. The molecule has 0 bridgehead atoms. The van der Waals surface area contributed by atoms with Gasteiger partial charge in [0.05, 0.1) is 11.3 Å². The van der Waals surface area contributed by atoms with Gasteiger partial charge in [0.25, 0.3) is 0 Å². The van der Waals surface area contributed by atoms with E-state index in [1.807, 2.05) is 74.7 Å². The Labute approximate surface area is 205 Å². The van der Waals surface area contributed by atoms with Gasteiger partial charge in [0.15, 0.2) is 5.76 Å². The third-order valence-electron chi connectivity index (χ3n) is 5.86. The van der Waals surface area contributed by atoms with Gasteiger partial charge in [0, 0.05) is 22.1 Å². The Hall–Kier alpha value is -3.36. The minimum absolute atomic E-state index is 0.111. The number of amides is 1. The fourth-order valence-corrected chi connectivity index (χ4v) is 4.70. The Morgan fingerprint density at radius 1 is 1.24 bits per heavy atom. The predicted molar refractivity (Wildman–Crippen MR) is 132 cm³/mol. The molecule has 2 aromatic carbocycles. The molecule has 0 radical (unpaired) electrons. The maximum atomic E-state index is 13.3. The number of hydrogen-bond donors (Lipinski definition) is 1. The molecule has 7 nitrogen and oxygen atoms in total. The normalized spacial score (nSPS) is 14.6. The van der Waals surface area contributed by atoms with Gasteiger partial charge in [0.2, 0.25) is 11.1 Å². The molecule has 0 saturated carbocycles. The van der Waals surface area contributed by atoms with Crippen molar-refractivity contribution in [3.8, 4) is 22.6 Å². The van der Waals surface area contributed by atoms with E-state index in [0.29, 0.717) is 38.6 Å². The number of nitrogens with zero attached hydrogens (tertiary/aromatic N) is 3. The Kier molecular flexibility index (Phi) is 5.79. The zero-order valence-corrected chi connectivity index (χ0v) is 20.4. The minimum atomic E-state index is -0.764. The molecule has 1 aliphatic heterocycles. The van der Waals surface area contributed by atoms with Crippen LogP contribution < -0.4 is 15.1 Å². The lowest BCUT2D eigenvalue weighted by Crippen LogP contribution is -2.60. The highest BCUT2D eigenvalue weighted by atomic mass is 35.5. The number of rotatable bonds is 4. The SMILES string of the molecule is CCC(=O)N1c2ccccc2-c2c(=O)[nH]c(SC)n[n+]2[C@@H]1c1ccc(-c2ccc(C)c(Cl)c2)o1. The molecule has 0 spiro atoms. The van der Waals surface area contributed by atoms with Crippen molar-refractivity contribution in [1.29, 1.82) is 0 Å². The number of para-hydroxylation sites is 1. The second-order valence-corrected chi connectivity index (χ2v) is 9.13. The molecule has 0 unspecified atom stereocenters. The summed E-state index contributed by atoms with van der Waals surface area (Å²) in [6.07, 6.45) is 1.35. The van der Waals surface area contributed by atoms with E-state index in [4.69, 9.17) is 16.0 Å². The number of halogens is 1. The highest BCUT2D eigenvalue weighted by molar-refractivity contribution is 7.98. The summed E-state index contributed by atoms with van der Waals surface area (Å²) in [6, 6.07) is 16.7. The Morgan fingerprint density at radius 3 is 2.76 bits per heavy atom. The highest BCUT2D eigenvalue weighted by Crippen LogP contribution is 2.39. The number of benzene rings is 2. The topological polar surface area (TPSA) is 83.1 Å². The molecule has 1 N–H and O–H groups in total. The Balaban J connectivity index is 1.75. The lowest BCUT2D eigenvalue weighted by Gasteiger charge is -2.30. The van der Waals surface area contributed by atoms with Gasteiger partial charge in [0.1, 0.15) is 5.76 Å². The maximum Gasteiger partial charge on any atom is 0.325 e. The first kappa shape index (κ1) is 22.4. The van der Waals surface area contributed by atoms with E-state index in [1.165, 1.54) is 11.8 Å². The third-order valence-corrected chi connectivity index (χ3v) is 6.84. The average Bonchev–Trinajstić information content (AvgIpc) is 3.33. The van der Waals surface area contributed by atoms with Crippen LogP contribution in [-0.2, 0) is 4.79 Å². The molecule has 1 atom stereocenters. The molecule has 34 heavy (non-hydrogen) atoms. The molecule has 0 saturated heterocycles. The van der Waals surface area contributed by atoms with Crippen LogP contribution >= 0.6 is 23.4 Å². The lowest BCUT2D eigenvalue weighted by molar-refractivity contribution is -0.764. The van der Waals surface area contributed by atoms with Gasteiger partial charge in [-0.05, 0) is 53.8 Å². The van der Waals surface area contributed by atoms with Crippen LogP contribution in [0.25, 0.3) is 22.6 Å². The molecule has 0 aliphatic carbocycles. The van der Waals surface area contributed by atoms with Gasteiger partial charge in [-0.15, -0.1) is 0 Å². The number of anilines is 1. The van der Waals surface area contributed by atoms with Crippen LogP contribution in [0, 0.1) is 6.92 Å². The summed E-state index contributed by atoms with van der Waals surface area (Å²) in [5.41, 5.74) is 3.16. The molecule has 3 heterocycles. The quantitative estimate of drug-likeness (QED) is 0.320. The van der Waals surface area contributed by atoms with Crippen molar-refractivity contribution in [2.24, 2.45) is 0 Å². The van der Waals surface area contributed by atoms with Crippen LogP contribution in [0.3, 0.4) is 0 Å². The van der Waals surface area contributed by atoms with Gasteiger partial charge in [-0.2, -0.15) is 0 Å². The summed E-state index contributed by atoms with van der Waals surface area (Å²) in [6.45, 7) is 3.75. The lowest BCUT2D eigenvalue weighted by atomic mass is 10.0. The second kappa shape index (κ2) is 8.77. The molecule has 172 valence electrons. The van der Waals surface area contributed by atoms with Crippen molar-refractivity contribution < 1.29 is 13.9 Å². The number of H-pyrrole nitrogens is 1. The molecule has 2 aromatic heterocycles. The molecule has 5 rings (SSSR count). The zero-order valence-electron chi connectivity index (χ0n) is 18.8. The first-order chi connectivity index (χ1) is 16.4. The van der Waals surface area contributed by atoms with E-state index in [0.717, 1.165) is 11.1 Å². The highest BCUT2D eigenvalue weighted by Gasteiger charge is 2.47. The number of aromatic nitrogens is 3. The number of carbonyl (C=O) groups excluding carboxylic acids is 1. The van der Waals surface area contributed by atoms with E-state index in [9.17, 15) is 9.59 Å². The summed E-state index contributed by atoms with van der Waals surface area (Å²) < 4.78 is 7.87. The average molecular weight is 494 g/mol. The van der Waals surface area contributed by atoms with E-state index in [-0.39, 0.29) is 17.9 Å².